The first-order valence-electron chi connectivity index (χ1n) is 5.80. The maximum absolute atomic E-state index is 14.1. The van der Waals surface area contributed by atoms with Crippen molar-refractivity contribution in [1.29, 1.82) is 0 Å². The summed E-state index contributed by atoms with van der Waals surface area (Å²) in [5.41, 5.74) is 0.495. The zero-order valence-electron chi connectivity index (χ0n) is 10.9. The fraction of sp³-hybridized carbons (Fsp3) is 0.0769. The van der Waals surface area contributed by atoms with E-state index in [0.29, 0.717) is 0 Å². The maximum Gasteiger partial charge on any atom is 0.356 e. The number of nitrogens with zero attached hydrogens (tertiary/aromatic N) is 1. The van der Waals surface area contributed by atoms with E-state index in [9.17, 15) is 26.7 Å². The Hall–Kier alpha value is -2.42. The Morgan fingerprint density at radius 3 is 2.35 bits per heavy atom. The average molecular weight is 353 g/mol. The van der Waals surface area contributed by atoms with Crippen molar-refractivity contribution in [1.82, 2.24) is 4.98 Å². The molecule has 0 radical (unpaired) electrons. The number of carbonyl (C=O) groups is 1. The van der Waals surface area contributed by atoms with Crippen LogP contribution in [-0.4, -0.2) is 16.1 Å². The van der Waals surface area contributed by atoms with E-state index in [2.05, 4.69) is 4.98 Å². The number of aromatic nitrogens is 1. The molecule has 0 spiro atoms. The highest BCUT2D eigenvalue weighted by Gasteiger charge is 2.25. The number of anilines is 1. The lowest BCUT2D eigenvalue weighted by atomic mass is 10.1. The Morgan fingerprint density at radius 2 is 1.83 bits per heavy atom. The number of carboxylic acid groups (broad SMARTS) is 1. The summed E-state index contributed by atoms with van der Waals surface area (Å²) >= 11 is 5.52. The summed E-state index contributed by atoms with van der Waals surface area (Å²) in [5.74, 6) is -6.02. The second kappa shape index (κ2) is 5.99. The van der Waals surface area contributed by atoms with Crippen LogP contribution in [-0.2, 0) is 0 Å². The highest BCUT2D eigenvalue weighted by atomic mass is 35.5. The Kier molecular flexibility index (Phi) is 4.42. The summed E-state index contributed by atoms with van der Waals surface area (Å²) < 4.78 is 66.5. The van der Waals surface area contributed by atoms with Crippen molar-refractivity contribution in [3.05, 3.63) is 45.9 Å². The quantitative estimate of drug-likeness (QED) is 0.817. The standard InChI is InChI=1S/C13H6ClF5N2O2/c14-7-9(20)8(17)10(21-11(7)13(22)23)3-1-6(16)4(12(18)19)2-5(3)15/h1-2,12H,(H2,20,21)(H,22,23). The molecule has 122 valence electrons. The van der Waals surface area contributed by atoms with Gasteiger partial charge in [-0.2, -0.15) is 0 Å². The molecule has 0 saturated heterocycles. The van der Waals surface area contributed by atoms with Gasteiger partial charge in [-0.1, -0.05) is 11.6 Å². The summed E-state index contributed by atoms with van der Waals surface area (Å²) in [6, 6.07) is 0.447. The SMILES string of the molecule is Nc1c(F)c(-c2cc(F)c(C(F)F)cc2F)nc(C(=O)O)c1Cl. The third-order valence-electron chi connectivity index (χ3n) is 2.89. The number of hydrogen-bond donors (Lipinski definition) is 2. The number of nitrogen functional groups attached to an aromatic ring is 1. The van der Waals surface area contributed by atoms with Gasteiger partial charge >= 0.3 is 5.97 Å². The fourth-order valence-electron chi connectivity index (χ4n) is 1.79. The molecule has 0 saturated carbocycles. The molecule has 0 amide bonds. The summed E-state index contributed by atoms with van der Waals surface area (Å²) in [4.78, 5) is 14.3. The molecule has 0 aliphatic carbocycles. The minimum atomic E-state index is -3.29. The highest BCUT2D eigenvalue weighted by Crippen LogP contribution is 2.35. The van der Waals surface area contributed by atoms with Crippen LogP contribution in [0.2, 0.25) is 5.02 Å². The number of rotatable bonds is 3. The first-order valence-corrected chi connectivity index (χ1v) is 6.18. The first kappa shape index (κ1) is 16.9. The van der Waals surface area contributed by atoms with E-state index < -0.39 is 63.1 Å². The zero-order chi connectivity index (χ0) is 17.5. The second-order valence-corrected chi connectivity index (χ2v) is 4.69. The van der Waals surface area contributed by atoms with Gasteiger partial charge in [0, 0.05) is 5.56 Å². The van der Waals surface area contributed by atoms with Crippen molar-refractivity contribution in [3.8, 4) is 11.3 Å². The lowest BCUT2D eigenvalue weighted by Crippen LogP contribution is -2.09. The van der Waals surface area contributed by atoms with Gasteiger partial charge in [-0.15, -0.1) is 0 Å². The largest absolute Gasteiger partial charge is 0.476 e. The van der Waals surface area contributed by atoms with Crippen LogP contribution in [0.3, 0.4) is 0 Å². The van der Waals surface area contributed by atoms with Crippen LogP contribution >= 0.6 is 11.6 Å². The van der Waals surface area contributed by atoms with E-state index >= 15 is 0 Å². The third-order valence-corrected chi connectivity index (χ3v) is 3.27. The molecule has 0 bridgehead atoms. The van der Waals surface area contributed by atoms with Crippen molar-refractivity contribution in [3.63, 3.8) is 0 Å². The van der Waals surface area contributed by atoms with E-state index in [1.54, 1.807) is 0 Å². The van der Waals surface area contributed by atoms with Crippen LogP contribution in [0.25, 0.3) is 11.3 Å². The number of aromatic carboxylic acids is 1. The van der Waals surface area contributed by atoms with Gasteiger partial charge in [-0.25, -0.2) is 31.7 Å². The molecule has 1 aromatic carbocycles. The molecule has 1 heterocycles. The topological polar surface area (TPSA) is 76.2 Å². The van der Waals surface area contributed by atoms with Gasteiger partial charge in [0.05, 0.1) is 16.3 Å². The summed E-state index contributed by atoms with van der Waals surface area (Å²) in [6.45, 7) is 0. The number of carboxylic acids is 1. The van der Waals surface area contributed by atoms with Crippen LogP contribution in [0.4, 0.5) is 27.6 Å². The molecule has 0 aliphatic rings. The van der Waals surface area contributed by atoms with Gasteiger partial charge < -0.3 is 10.8 Å². The van der Waals surface area contributed by atoms with E-state index in [1.165, 1.54) is 0 Å². The number of halogens is 6. The molecule has 4 nitrogen and oxygen atoms in total. The molecule has 23 heavy (non-hydrogen) atoms. The van der Waals surface area contributed by atoms with Crippen molar-refractivity contribution in [2.45, 2.75) is 6.43 Å². The van der Waals surface area contributed by atoms with Crippen molar-refractivity contribution < 1.29 is 31.9 Å². The van der Waals surface area contributed by atoms with Crippen LogP contribution < -0.4 is 5.73 Å². The number of benzene rings is 1. The van der Waals surface area contributed by atoms with Gasteiger partial charge in [-0.05, 0) is 12.1 Å². The molecule has 0 atom stereocenters. The Morgan fingerprint density at radius 1 is 1.22 bits per heavy atom. The number of nitrogens with two attached hydrogens (primary N) is 1. The minimum Gasteiger partial charge on any atom is -0.476 e. The van der Waals surface area contributed by atoms with Crippen LogP contribution in [0.1, 0.15) is 22.5 Å². The molecule has 3 N–H and O–H groups in total. The first-order chi connectivity index (χ1) is 10.6. The van der Waals surface area contributed by atoms with Gasteiger partial charge in [0.2, 0.25) is 0 Å². The summed E-state index contributed by atoms with van der Waals surface area (Å²) in [7, 11) is 0. The van der Waals surface area contributed by atoms with Crippen LogP contribution in [0, 0.1) is 17.5 Å². The monoisotopic (exact) mass is 352 g/mol. The minimum absolute atomic E-state index is 0.168. The summed E-state index contributed by atoms with van der Waals surface area (Å²) in [5, 5.41) is 8.18. The lowest BCUT2D eigenvalue weighted by Gasteiger charge is -2.11. The predicted octanol–water partition coefficient (Wildman–Crippen LogP) is 4.04. The van der Waals surface area contributed by atoms with Crippen molar-refractivity contribution in [2.75, 3.05) is 5.73 Å². The van der Waals surface area contributed by atoms with E-state index in [-0.39, 0.29) is 12.1 Å². The molecular formula is C13H6ClF5N2O2. The zero-order valence-corrected chi connectivity index (χ0v) is 11.6. The van der Waals surface area contributed by atoms with Crippen molar-refractivity contribution in [2.24, 2.45) is 0 Å². The third kappa shape index (κ3) is 2.91. The predicted molar refractivity (Wildman–Crippen MR) is 70.9 cm³/mol. The molecular weight excluding hydrogens is 347 g/mol. The highest BCUT2D eigenvalue weighted by molar-refractivity contribution is 6.35. The van der Waals surface area contributed by atoms with Crippen LogP contribution in [0.5, 0.6) is 0 Å². The molecule has 2 rings (SSSR count). The Bertz CT molecular complexity index is 814. The van der Waals surface area contributed by atoms with Gasteiger partial charge in [0.15, 0.2) is 11.5 Å². The Labute approximate surface area is 130 Å². The van der Waals surface area contributed by atoms with Gasteiger partial charge in [0.1, 0.15) is 17.3 Å². The number of pyridine rings is 1. The molecule has 10 heteroatoms. The summed E-state index contributed by atoms with van der Waals surface area (Å²) in [6.07, 6.45) is -3.29. The second-order valence-electron chi connectivity index (χ2n) is 4.31. The molecule has 2 aromatic rings. The smallest absolute Gasteiger partial charge is 0.356 e. The Balaban J connectivity index is 2.77. The van der Waals surface area contributed by atoms with Gasteiger partial charge in [-0.3, -0.25) is 0 Å². The molecule has 0 aliphatic heterocycles. The molecule has 1 aromatic heterocycles. The number of hydrogen-bond acceptors (Lipinski definition) is 3. The lowest BCUT2D eigenvalue weighted by molar-refractivity contribution is 0.0690. The normalized spacial score (nSPS) is 11.1. The van der Waals surface area contributed by atoms with E-state index in [0.717, 1.165) is 0 Å². The molecule has 0 unspecified atom stereocenters. The maximum atomic E-state index is 14.1. The van der Waals surface area contributed by atoms with E-state index in [4.69, 9.17) is 22.4 Å². The average Bonchev–Trinajstić information content (AvgIpc) is 2.47. The van der Waals surface area contributed by atoms with E-state index in [1.807, 2.05) is 0 Å². The van der Waals surface area contributed by atoms with Crippen molar-refractivity contribution >= 4 is 23.3 Å². The number of alkyl halides is 2. The van der Waals surface area contributed by atoms with Crippen LogP contribution in [0.15, 0.2) is 12.1 Å². The molecule has 0 fully saturated rings. The fourth-order valence-corrected chi connectivity index (χ4v) is 2.00. The van der Waals surface area contributed by atoms with Gasteiger partial charge in [0.25, 0.3) is 6.43 Å².